The minimum Gasteiger partial charge on any atom is -0.324 e. The number of nitrogens with zero attached hydrogens (tertiary/aromatic N) is 1. The normalized spacial score (nSPS) is 16.1. The van der Waals surface area contributed by atoms with E-state index >= 15 is 0 Å². The van der Waals surface area contributed by atoms with Crippen LogP contribution in [0.15, 0.2) is 66.0 Å². The van der Waals surface area contributed by atoms with Crippen LogP contribution in [0.2, 0.25) is 0 Å². The van der Waals surface area contributed by atoms with E-state index < -0.39 is 0 Å². The number of thiophene rings is 1. The van der Waals surface area contributed by atoms with Gasteiger partial charge in [-0.15, -0.1) is 11.3 Å². The molecule has 4 rings (SSSR count). The molecule has 0 spiro atoms. The molecule has 1 aromatic heterocycles. The molecule has 0 saturated heterocycles. The SMILES string of the molecule is C[C@@H]1c2ccsc2CCN1CC(=O)Nc1ccccc1C(=O)Nc1ccccc1. The standard InChI is InChI=1S/C23H23N3O2S/c1-16-18-12-14-29-21(18)11-13-26(16)15-22(27)25-20-10-6-5-9-19(20)23(28)24-17-7-3-2-4-8-17/h2-10,12,14,16H,11,13,15H2,1H3,(H,24,28)(H,25,27)/t16-/m1/s1. The molecule has 29 heavy (non-hydrogen) atoms. The van der Waals surface area contributed by atoms with Crippen molar-refractivity contribution in [2.45, 2.75) is 19.4 Å². The Morgan fingerprint density at radius 2 is 1.79 bits per heavy atom. The molecule has 1 aliphatic heterocycles. The average molecular weight is 406 g/mol. The molecule has 6 heteroatoms. The number of carbonyl (C=O) groups is 2. The van der Waals surface area contributed by atoms with Gasteiger partial charge in [0, 0.05) is 23.2 Å². The van der Waals surface area contributed by atoms with E-state index in [0.717, 1.165) is 13.0 Å². The van der Waals surface area contributed by atoms with Gasteiger partial charge >= 0.3 is 0 Å². The summed E-state index contributed by atoms with van der Waals surface area (Å²) in [4.78, 5) is 29.0. The van der Waals surface area contributed by atoms with Crippen molar-refractivity contribution in [3.63, 3.8) is 0 Å². The lowest BCUT2D eigenvalue weighted by atomic mass is 10.0. The third-order valence-electron chi connectivity index (χ3n) is 5.23. The van der Waals surface area contributed by atoms with E-state index in [0.29, 0.717) is 23.5 Å². The molecule has 5 nitrogen and oxygen atoms in total. The van der Waals surface area contributed by atoms with Crippen LogP contribution in [0.3, 0.4) is 0 Å². The van der Waals surface area contributed by atoms with Crippen molar-refractivity contribution in [1.29, 1.82) is 0 Å². The monoisotopic (exact) mass is 405 g/mol. The molecule has 1 atom stereocenters. The molecule has 2 aromatic carbocycles. The molecule has 2 N–H and O–H groups in total. The summed E-state index contributed by atoms with van der Waals surface area (Å²) in [5.74, 6) is -0.364. The highest BCUT2D eigenvalue weighted by Crippen LogP contribution is 2.32. The van der Waals surface area contributed by atoms with Crippen LogP contribution in [0, 0.1) is 0 Å². The summed E-state index contributed by atoms with van der Waals surface area (Å²) in [5.41, 5.74) is 2.99. The summed E-state index contributed by atoms with van der Waals surface area (Å²) in [6.45, 7) is 3.29. The van der Waals surface area contributed by atoms with Crippen molar-refractivity contribution < 1.29 is 9.59 Å². The molecule has 2 amide bonds. The highest BCUT2D eigenvalue weighted by molar-refractivity contribution is 7.10. The predicted octanol–water partition coefficient (Wildman–Crippen LogP) is 4.56. The number of nitrogens with one attached hydrogen (secondary N) is 2. The molecule has 0 aliphatic carbocycles. The summed E-state index contributed by atoms with van der Waals surface area (Å²) < 4.78 is 0. The Morgan fingerprint density at radius 3 is 2.62 bits per heavy atom. The number of carbonyl (C=O) groups excluding carboxylic acids is 2. The van der Waals surface area contributed by atoms with Crippen molar-refractivity contribution in [3.05, 3.63) is 82.0 Å². The maximum absolute atomic E-state index is 12.7. The predicted molar refractivity (Wildman–Crippen MR) is 117 cm³/mol. The maximum Gasteiger partial charge on any atom is 0.257 e. The summed E-state index contributed by atoms with van der Waals surface area (Å²) in [7, 11) is 0. The fourth-order valence-corrected chi connectivity index (χ4v) is 4.62. The van der Waals surface area contributed by atoms with Crippen LogP contribution >= 0.6 is 11.3 Å². The second kappa shape index (κ2) is 8.59. The molecule has 148 valence electrons. The first-order valence-electron chi connectivity index (χ1n) is 9.67. The van der Waals surface area contributed by atoms with E-state index in [1.54, 1.807) is 29.5 Å². The van der Waals surface area contributed by atoms with Crippen molar-refractivity contribution in [3.8, 4) is 0 Å². The van der Waals surface area contributed by atoms with Gasteiger partial charge < -0.3 is 10.6 Å². The van der Waals surface area contributed by atoms with E-state index in [-0.39, 0.29) is 17.9 Å². The van der Waals surface area contributed by atoms with Gasteiger partial charge in [0.2, 0.25) is 5.91 Å². The van der Waals surface area contributed by atoms with Crippen LogP contribution in [0.4, 0.5) is 11.4 Å². The number of hydrogen-bond donors (Lipinski definition) is 2. The van der Waals surface area contributed by atoms with Gasteiger partial charge in [0.1, 0.15) is 0 Å². The Morgan fingerprint density at radius 1 is 1.03 bits per heavy atom. The van der Waals surface area contributed by atoms with Crippen LogP contribution in [0.25, 0.3) is 0 Å². The van der Waals surface area contributed by atoms with Gasteiger partial charge in [-0.3, -0.25) is 14.5 Å². The van der Waals surface area contributed by atoms with Crippen LogP contribution < -0.4 is 10.6 Å². The van der Waals surface area contributed by atoms with Gasteiger partial charge in [0.05, 0.1) is 17.8 Å². The highest BCUT2D eigenvalue weighted by atomic mass is 32.1. The van der Waals surface area contributed by atoms with Gasteiger partial charge in [-0.05, 0) is 54.6 Å². The highest BCUT2D eigenvalue weighted by Gasteiger charge is 2.26. The van der Waals surface area contributed by atoms with Crippen LogP contribution in [-0.2, 0) is 11.2 Å². The van der Waals surface area contributed by atoms with Crippen molar-refractivity contribution in [2.24, 2.45) is 0 Å². The second-order valence-electron chi connectivity index (χ2n) is 7.11. The maximum atomic E-state index is 12.7. The minimum atomic E-state index is -0.249. The lowest BCUT2D eigenvalue weighted by Gasteiger charge is -2.33. The third kappa shape index (κ3) is 4.39. The molecule has 0 unspecified atom stereocenters. The Bertz CT molecular complexity index is 1020. The van der Waals surface area contributed by atoms with Gasteiger partial charge in [-0.2, -0.15) is 0 Å². The van der Waals surface area contributed by atoms with E-state index in [1.165, 1.54) is 10.4 Å². The largest absolute Gasteiger partial charge is 0.324 e. The van der Waals surface area contributed by atoms with Crippen LogP contribution in [0.1, 0.15) is 33.8 Å². The molecular formula is C23H23N3O2S. The minimum absolute atomic E-state index is 0.115. The van der Waals surface area contributed by atoms with E-state index in [9.17, 15) is 9.59 Å². The smallest absolute Gasteiger partial charge is 0.257 e. The fraction of sp³-hybridized carbons (Fsp3) is 0.217. The zero-order valence-corrected chi connectivity index (χ0v) is 17.0. The number of anilines is 2. The molecule has 0 fully saturated rings. The molecule has 3 aromatic rings. The number of amides is 2. The molecule has 0 radical (unpaired) electrons. The van der Waals surface area contributed by atoms with Crippen molar-refractivity contribution in [1.82, 2.24) is 4.90 Å². The first kappa shape index (κ1) is 19.4. The van der Waals surface area contributed by atoms with Gasteiger partial charge in [-0.1, -0.05) is 30.3 Å². The topological polar surface area (TPSA) is 61.4 Å². The lowest BCUT2D eigenvalue weighted by Crippen LogP contribution is -2.39. The first-order chi connectivity index (χ1) is 14.1. The zero-order valence-electron chi connectivity index (χ0n) is 16.2. The zero-order chi connectivity index (χ0) is 20.2. The third-order valence-corrected chi connectivity index (χ3v) is 6.22. The number of rotatable bonds is 5. The molecule has 2 heterocycles. The second-order valence-corrected chi connectivity index (χ2v) is 8.11. The quantitative estimate of drug-likeness (QED) is 0.654. The number of hydrogen-bond acceptors (Lipinski definition) is 4. The Hall–Kier alpha value is -2.96. The van der Waals surface area contributed by atoms with Gasteiger partial charge in [0.15, 0.2) is 0 Å². The number of para-hydroxylation sites is 2. The van der Waals surface area contributed by atoms with Gasteiger partial charge in [0.25, 0.3) is 5.91 Å². The molecule has 0 saturated carbocycles. The van der Waals surface area contributed by atoms with Crippen molar-refractivity contribution in [2.75, 3.05) is 23.7 Å². The summed E-state index contributed by atoms with van der Waals surface area (Å²) >= 11 is 1.79. The average Bonchev–Trinajstić information content (AvgIpc) is 3.21. The summed E-state index contributed by atoms with van der Waals surface area (Å²) in [5, 5.41) is 7.91. The van der Waals surface area contributed by atoms with Crippen LogP contribution in [0.5, 0.6) is 0 Å². The lowest BCUT2D eigenvalue weighted by molar-refractivity contribution is -0.117. The van der Waals surface area contributed by atoms with Crippen LogP contribution in [-0.4, -0.2) is 29.8 Å². The molecule has 0 bridgehead atoms. The molecule has 1 aliphatic rings. The first-order valence-corrected chi connectivity index (χ1v) is 10.6. The molecular weight excluding hydrogens is 382 g/mol. The Kier molecular flexibility index (Phi) is 5.74. The van der Waals surface area contributed by atoms with Gasteiger partial charge in [-0.25, -0.2) is 0 Å². The Labute approximate surface area is 174 Å². The van der Waals surface area contributed by atoms with E-state index in [2.05, 4.69) is 33.9 Å². The Balaban J connectivity index is 1.43. The summed E-state index contributed by atoms with van der Waals surface area (Å²) in [6, 6.07) is 18.7. The number of benzene rings is 2. The number of fused-ring (bicyclic) bond motifs is 1. The van der Waals surface area contributed by atoms with E-state index in [4.69, 9.17) is 0 Å². The fourth-order valence-electron chi connectivity index (χ4n) is 3.66. The summed E-state index contributed by atoms with van der Waals surface area (Å²) in [6.07, 6.45) is 0.973. The van der Waals surface area contributed by atoms with E-state index in [1.807, 2.05) is 36.4 Å². The van der Waals surface area contributed by atoms with Crippen molar-refractivity contribution >= 4 is 34.5 Å².